The average Bonchev–Trinajstić information content (AvgIpc) is 2.61. The maximum Gasteiger partial charge on any atom is 0.573 e. The number of hydrogen-bond acceptors (Lipinski definition) is 3. The van der Waals surface area contributed by atoms with Crippen LogP contribution in [0.1, 0.15) is 46.9 Å². The molecule has 29 heavy (non-hydrogen) atoms. The number of carboxylic acids is 1. The van der Waals surface area contributed by atoms with E-state index in [1.807, 2.05) is 0 Å². The Bertz CT molecular complexity index is 1080. The molecule has 0 aliphatic rings. The lowest BCUT2D eigenvalue weighted by molar-refractivity contribution is -0.274. The number of rotatable bonds is 5. The number of aromatic carboxylic acids is 1. The molecule has 0 unspecified atom stereocenters. The monoisotopic (exact) mass is 423 g/mol. The van der Waals surface area contributed by atoms with Gasteiger partial charge in [-0.15, -0.1) is 13.2 Å². The van der Waals surface area contributed by atoms with E-state index in [-0.39, 0.29) is 29.2 Å². The lowest BCUT2D eigenvalue weighted by Gasteiger charge is -2.18. The van der Waals surface area contributed by atoms with Crippen LogP contribution in [0.4, 0.5) is 13.2 Å². The van der Waals surface area contributed by atoms with E-state index in [4.69, 9.17) is 11.6 Å². The first-order valence-corrected chi connectivity index (χ1v) is 9.13. The van der Waals surface area contributed by atoms with Gasteiger partial charge in [0, 0.05) is 16.8 Å². The number of hydrogen-bond donors (Lipinski definition) is 1. The molecule has 8 heteroatoms. The summed E-state index contributed by atoms with van der Waals surface area (Å²) < 4.78 is 42.5. The smallest absolute Gasteiger partial charge is 0.478 e. The third kappa shape index (κ3) is 4.62. The normalized spacial score (nSPS) is 11.8. The van der Waals surface area contributed by atoms with Gasteiger partial charge in [0.25, 0.3) is 0 Å². The molecule has 0 saturated heterocycles. The molecule has 0 radical (unpaired) electrons. The van der Waals surface area contributed by atoms with Crippen LogP contribution in [0.5, 0.6) is 5.75 Å². The minimum atomic E-state index is -4.86. The summed E-state index contributed by atoms with van der Waals surface area (Å²) in [6.45, 7) is 3.61. The molecule has 0 bridgehead atoms. The van der Waals surface area contributed by atoms with Crippen molar-refractivity contribution in [2.24, 2.45) is 0 Å². The zero-order valence-electron chi connectivity index (χ0n) is 15.5. The predicted octanol–water partition coefficient (Wildman–Crippen LogP) is 6.20. The van der Waals surface area contributed by atoms with E-state index >= 15 is 0 Å². The Morgan fingerprint density at radius 2 is 1.90 bits per heavy atom. The van der Waals surface area contributed by atoms with Crippen LogP contribution < -0.4 is 4.74 Å². The Morgan fingerprint density at radius 3 is 2.52 bits per heavy atom. The lowest BCUT2D eigenvalue weighted by atomic mass is 9.91. The second-order valence-electron chi connectivity index (χ2n) is 6.80. The number of fused-ring (bicyclic) bond motifs is 1. The first-order chi connectivity index (χ1) is 13.6. The first kappa shape index (κ1) is 20.9. The van der Waals surface area contributed by atoms with E-state index in [1.54, 1.807) is 38.1 Å². The number of benzene rings is 2. The Balaban J connectivity index is 2.27. The number of carbonyl (C=O) groups is 1. The Hall–Kier alpha value is -2.80. The fourth-order valence-electron chi connectivity index (χ4n) is 3.23. The third-order valence-electron chi connectivity index (χ3n) is 4.41. The van der Waals surface area contributed by atoms with E-state index < -0.39 is 12.3 Å². The van der Waals surface area contributed by atoms with Gasteiger partial charge in [0.05, 0.1) is 16.8 Å². The molecule has 0 saturated carbocycles. The van der Waals surface area contributed by atoms with Gasteiger partial charge in [-0.3, -0.25) is 4.98 Å². The molecule has 4 nitrogen and oxygen atoms in total. The average molecular weight is 424 g/mol. The van der Waals surface area contributed by atoms with Gasteiger partial charge in [0.15, 0.2) is 0 Å². The summed E-state index contributed by atoms with van der Waals surface area (Å²) in [5.41, 5.74) is 1.39. The summed E-state index contributed by atoms with van der Waals surface area (Å²) in [7, 11) is 0. The molecule has 0 amide bonds. The number of para-hydroxylation sites is 1. The number of ether oxygens (including phenoxy) is 1. The summed E-state index contributed by atoms with van der Waals surface area (Å²) >= 11 is 6.10. The Labute approximate surface area is 169 Å². The molecule has 0 aliphatic carbocycles. The van der Waals surface area contributed by atoms with Gasteiger partial charge in [0.2, 0.25) is 0 Å². The summed E-state index contributed by atoms with van der Waals surface area (Å²) in [5, 5.41) is 10.7. The molecule has 0 atom stereocenters. The number of nitrogens with zero attached hydrogens (tertiary/aromatic N) is 1. The van der Waals surface area contributed by atoms with Crippen LogP contribution in [0.3, 0.4) is 0 Å². The van der Waals surface area contributed by atoms with Crippen molar-refractivity contribution in [1.82, 2.24) is 4.98 Å². The molecule has 152 valence electrons. The van der Waals surface area contributed by atoms with Crippen molar-refractivity contribution >= 4 is 28.5 Å². The maximum absolute atomic E-state index is 12.8. The molecule has 0 fully saturated rings. The fourth-order valence-corrected chi connectivity index (χ4v) is 3.40. The molecule has 0 aliphatic heterocycles. The van der Waals surface area contributed by atoms with E-state index in [0.717, 1.165) is 0 Å². The Kier molecular flexibility index (Phi) is 5.71. The van der Waals surface area contributed by atoms with Gasteiger partial charge in [-0.1, -0.05) is 43.6 Å². The fraction of sp³-hybridized carbons (Fsp3) is 0.238. The zero-order valence-corrected chi connectivity index (χ0v) is 16.3. The molecular formula is C21H17ClF3NO3. The van der Waals surface area contributed by atoms with Crippen molar-refractivity contribution in [3.05, 3.63) is 69.9 Å². The number of pyridine rings is 1. The van der Waals surface area contributed by atoms with Gasteiger partial charge >= 0.3 is 12.3 Å². The van der Waals surface area contributed by atoms with Gasteiger partial charge in [0.1, 0.15) is 5.75 Å². The summed E-state index contributed by atoms with van der Waals surface area (Å²) in [5.74, 6) is -1.79. The maximum atomic E-state index is 12.8. The van der Waals surface area contributed by atoms with E-state index in [1.165, 1.54) is 18.2 Å². The van der Waals surface area contributed by atoms with Gasteiger partial charge in [-0.05, 0) is 41.3 Å². The summed E-state index contributed by atoms with van der Waals surface area (Å²) in [6, 6.07) is 10.5. The molecule has 1 heterocycles. The molecule has 3 rings (SSSR count). The minimum Gasteiger partial charge on any atom is -0.478 e. The van der Waals surface area contributed by atoms with Crippen molar-refractivity contribution in [1.29, 1.82) is 0 Å². The number of alkyl halides is 3. The summed E-state index contributed by atoms with van der Waals surface area (Å²) in [4.78, 5) is 16.6. The minimum absolute atomic E-state index is 0.0309. The summed E-state index contributed by atoms with van der Waals surface area (Å²) in [6.07, 6.45) is -4.95. The molecule has 1 aromatic heterocycles. The van der Waals surface area contributed by atoms with E-state index in [2.05, 4.69) is 9.72 Å². The second kappa shape index (κ2) is 7.91. The SMILES string of the molecule is CC(C)c1nc2ccc(Cl)cc2c(Cc2ccccc2OC(F)(F)F)c1C(=O)O. The van der Waals surface area contributed by atoms with Gasteiger partial charge < -0.3 is 9.84 Å². The number of carboxylic acid groups (broad SMARTS) is 1. The largest absolute Gasteiger partial charge is 0.573 e. The van der Waals surface area contributed by atoms with Crippen LogP contribution in [0.25, 0.3) is 10.9 Å². The highest BCUT2D eigenvalue weighted by molar-refractivity contribution is 6.31. The van der Waals surface area contributed by atoms with Gasteiger partial charge in [-0.25, -0.2) is 4.79 Å². The molecular weight excluding hydrogens is 407 g/mol. The molecule has 2 aromatic carbocycles. The van der Waals surface area contributed by atoms with Crippen LogP contribution in [-0.4, -0.2) is 22.4 Å². The zero-order chi connectivity index (χ0) is 21.3. The van der Waals surface area contributed by atoms with Crippen molar-refractivity contribution in [2.45, 2.75) is 32.5 Å². The third-order valence-corrected chi connectivity index (χ3v) is 4.64. The highest BCUT2D eigenvalue weighted by Crippen LogP contribution is 2.34. The number of aromatic nitrogens is 1. The molecule has 1 N–H and O–H groups in total. The second-order valence-corrected chi connectivity index (χ2v) is 7.24. The lowest BCUT2D eigenvalue weighted by Crippen LogP contribution is -2.18. The van der Waals surface area contributed by atoms with E-state index in [9.17, 15) is 23.1 Å². The first-order valence-electron chi connectivity index (χ1n) is 8.75. The van der Waals surface area contributed by atoms with Crippen molar-refractivity contribution in [3.8, 4) is 5.75 Å². The van der Waals surface area contributed by atoms with Gasteiger partial charge in [-0.2, -0.15) is 0 Å². The van der Waals surface area contributed by atoms with Crippen LogP contribution in [0.2, 0.25) is 5.02 Å². The van der Waals surface area contributed by atoms with E-state index in [0.29, 0.717) is 27.2 Å². The number of halogens is 4. The molecule has 0 spiro atoms. The van der Waals surface area contributed by atoms with Crippen LogP contribution in [0, 0.1) is 0 Å². The highest BCUT2D eigenvalue weighted by atomic mass is 35.5. The molecule has 3 aromatic rings. The van der Waals surface area contributed by atoms with Crippen molar-refractivity contribution in [2.75, 3.05) is 0 Å². The van der Waals surface area contributed by atoms with Crippen molar-refractivity contribution in [3.63, 3.8) is 0 Å². The van der Waals surface area contributed by atoms with Crippen LogP contribution in [-0.2, 0) is 6.42 Å². The highest BCUT2D eigenvalue weighted by Gasteiger charge is 2.32. The van der Waals surface area contributed by atoms with Crippen LogP contribution in [0.15, 0.2) is 42.5 Å². The Morgan fingerprint density at radius 1 is 1.21 bits per heavy atom. The van der Waals surface area contributed by atoms with Crippen molar-refractivity contribution < 1.29 is 27.8 Å². The van der Waals surface area contributed by atoms with Crippen LogP contribution >= 0.6 is 11.6 Å². The topological polar surface area (TPSA) is 59.4 Å². The quantitative estimate of drug-likeness (QED) is 0.530. The standard InChI is InChI=1S/C21H17ClF3NO3/c1-11(2)19-18(20(27)28)15(14-10-13(22)7-8-16(14)26-19)9-12-5-3-4-6-17(12)29-21(23,24)25/h3-8,10-11H,9H2,1-2H3,(H,27,28). The predicted molar refractivity (Wildman–Crippen MR) is 104 cm³/mol.